The Labute approximate surface area is 93.4 Å². The van der Waals surface area contributed by atoms with E-state index in [1.807, 2.05) is 31.1 Å². The highest BCUT2D eigenvalue weighted by Crippen LogP contribution is 2.23. The Bertz CT molecular complexity index is 404. The molecule has 0 aliphatic rings. The molecule has 16 heavy (non-hydrogen) atoms. The fourth-order valence-corrected chi connectivity index (χ4v) is 1.21. The predicted octanol–water partition coefficient (Wildman–Crippen LogP) is -0.319. The number of carbonyl (C=O) groups is 2. The number of anilines is 2. The van der Waals surface area contributed by atoms with Gasteiger partial charge in [-0.05, 0) is 12.1 Å². The molecular formula is C10H14N4O2. The normalized spacial score (nSPS) is 9.44. The van der Waals surface area contributed by atoms with E-state index in [4.69, 9.17) is 5.84 Å². The van der Waals surface area contributed by atoms with Gasteiger partial charge in [-0.25, -0.2) is 5.84 Å². The zero-order valence-electron chi connectivity index (χ0n) is 9.15. The largest absolute Gasteiger partial charge is 0.376 e. The van der Waals surface area contributed by atoms with Crippen LogP contribution in [-0.2, 0) is 9.59 Å². The van der Waals surface area contributed by atoms with Crippen LogP contribution in [0.1, 0.15) is 0 Å². The van der Waals surface area contributed by atoms with Gasteiger partial charge in [0.15, 0.2) is 0 Å². The van der Waals surface area contributed by atoms with E-state index in [2.05, 4.69) is 5.32 Å². The van der Waals surface area contributed by atoms with Crippen molar-refractivity contribution in [1.82, 2.24) is 5.43 Å². The number of hydrogen-bond acceptors (Lipinski definition) is 4. The molecule has 0 bridgehead atoms. The summed E-state index contributed by atoms with van der Waals surface area (Å²) >= 11 is 0. The van der Waals surface area contributed by atoms with E-state index >= 15 is 0 Å². The van der Waals surface area contributed by atoms with Gasteiger partial charge in [0.25, 0.3) is 0 Å². The van der Waals surface area contributed by atoms with E-state index in [1.165, 1.54) is 0 Å². The summed E-state index contributed by atoms with van der Waals surface area (Å²) in [6.07, 6.45) is 0. The summed E-state index contributed by atoms with van der Waals surface area (Å²) in [7, 11) is 3.68. The fraction of sp³-hybridized carbons (Fsp3) is 0.200. The number of nitrogens with zero attached hydrogens (tertiary/aromatic N) is 1. The topological polar surface area (TPSA) is 87.5 Å². The molecular weight excluding hydrogens is 208 g/mol. The lowest BCUT2D eigenvalue weighted by Crippen LogP contribution is -2.39. The summed E-state index contributed by atoms with van der Waals surface area (Å²) in [6, 6.07) is 7.14. The number of hydrogen-bond donors (Lipinski definition) is 3. The number of carbonyl (C=O) groups excluding carboxylic acids is 2. The Kier molecular flexibility index (Phi) is 3.84. The molecule has 0 atom stereocenters. The van der Waals surface area contributed by atoms with Gasteiger partial charge in [-0.3, -0.25) is 15.0 Å². The van der Waals surface area contributed by atoms with Gasteiger partial charge in [0.05, 0.1) is 11.4 Å². The lowest BCUT2D eigenvalue weighted by atomic mass is 10.2. The highest BCUT2D eigenvalue weighted by atomic mass is 16.2. The van der Waals surface area contributed by atoms with Gasteiger partial charge in [0.2, 0.25) is 0 Å². The minimum atomic E-state index is -0.881. The Morgan fingerprint density at radius 1 is 1.19 bits per heavy atom. The number of nitrogens with one attached hydrogen (secondary N) is 2. The predicted molar refractivity (Wildman–Crippen MR) is 61.7 cm³/mol. The summed E-state index contributed by atoms with van der Waals surface area (Å²) in [5.74, 6) is 3.18. The number of para-hydroxylation sites is 2. The molecule has 0 unspecified atom stereocenters. The van der Waals surface area contributed by atoms with E-state index in [0.29, 0.717) is 5.69 Å². The monoisotopic (exact) mass is 222 g/mol. The van der Waals surface area contributed by atoms with Crippen LogP contribution < -0.4 is 21.5 Å². The molecule has 86 valence electrons. The summed E-state index contributed by atoms with van der Waals surface area (Å²) in [6.45, 7) is 0. The van der Waals surface area contributed by atoms with E-state index in [-0.39, 0.29) is 0 Å². The Morgan fingerprint density at radius 2 is 1.81 bits per heavy atom. The molecule has 4 N–H and O–H groups in total. The second-order valence-corrected chi connectivity index (χ2v) is 3.34. The maximum atomic E-state index is 11.3. The third-order valence-corrected chi connectivity index (χ3v) is 1.97. The Hall–Kier alpha value is -2.08. The van der Waals surface area contributed by atoms with Crippen LogP contribution in [0.15, 0.2) is 24.3 Å². The van der Waals surface area contributed by atoms with Gasteiger partial charge >= 0.3 is 11.8 Å². The lowest BCUT2D eigenvalue weighted by molar-refractivity contribution is -0.136. The van der Waals surface area contributed by atoms with Gasteiger partial charge in [0, 0.05) is 14.1 Å². The highest BCUT2D eigenvalue weighted by molar-refractivity contribution is 6.39. The molecule has 0 saturated heterocycles. The first-order valence-electron chi connectivity index (χ1n) is 4.64. The molecule has 0 spiro atoms. The van der Waals surface area contributed by atoms with Crippen LogP contribution in [0.4, 0.5) is 11.4 Å². The van der Waals surface area contributed by atoms with Crippen molar-refractivity contribution in [1.29, 1.82) is 0 Å². The smallest absolute Gasteiger partial charge is 0.323 e. The first-order valence-corrected chi connectivity index (χ1v) is 4.64. The standard InChI is InChI=1S/C10H14N4O2/c1-14(2)8-6-4-3-5-7(8)12-9(15)10(16)13-11/h3-6H,11H2,1-2H3,(H,12,15)(H,13,16). The average molecular weight is 222 g/mol. The minimum absolute atomic E-state index is 0.557. The summed E-state index contributed by atoms with van der Waals surface area (Å²) in [5.41, 5.74) is 3.13. The molecule has 0 saturated carbocycles. The molecule has 0 heterocycles. The maximum absolute atomic E-state index is 11.3. The van der Waals surface area contributed by atoms with E-state index in [1.54, 1.807) is 17.6 Å². The molecule has 0 aromatic heterocycles. The average Bonchev–Trinajstić information content (AvgIpc) is 2.28. The summed E-state index contributed by atoms with van der Waals surface area (Å²) in [5, 5.41) is 2.47. The van der Waals surface area contributed by atoms with Crippen molar-refractivity contribution in [3.05, 3.63) is 24.3 Å². The van der Waals surface area contributed by atoms with Gasteiger partial charge < -0.3 is 10.2 Å². The van der Waals surface area contributed by atoms with Crippen LogP contribution in [0.5, 0.6) is 0 Å². The molecule has 0 radical (unpaired) electrons. The fourth-order valence-electron chi connectivity index (χ4n) is 1.21. The molecule has 0 aliphatic heterocycles. The van der Waals surface area contributed by atoms with Crippen molar-refractivity contribution in [2.45, 2.75) is 0 Å². The number of benzene rings is 1. The molecule has 1 aromatic carbocycles. The first-order chi connectivity index (χ1) is 7.56. The third kappa shape index (κ3) is 2.71. The van der Waals surface area contributed by atoms with Gasteiger partial charge in [-0.2, -0.15) is 0 Å². The highest BCUT2D eigenvalue weighted by Gasteiger charge is 2.13. The molecule has 2 amide bonds. The molecule has 0 fully saturated rings. The zero-order chi connectivity index (χ0) is 12.1. The van der Waals surface area contributed by atoms with Crippen molar-refractivity contribution in [2.75, 3.05) is 24.3 Å². The second kappa shape index (κ2) is 5.13. The number of amides is 2. The molecule has 1 rings (SSSR count). The second-order valence-electron chi connectivity index (χ2n) is 3.34. The van der Waals surface area contributed by atoms with E-state index in [0.717, 1.165) is 5.69 Å². The summed E-state index contributed by atoms with van der Waals surface area (Å²) < 4.78 is 0. The van der Waals surface area contributed by atoms with Crippen molar-refractivity contribution in [3.63, 3.8) is 0 Å². The number of nitrogens with two attached hydrogens (primary N) is 1. The molecule has 6 nitrogen and oxygen atoms in total. The Balaban J connectivity index is 2.89. The lowest BCUT2D eigenvalue weighted by Gasteiger charge is -2.17. The quantitative estimate of drug-likeness (QED) is 0.277. The van der Waals surface area contributed by atoms with E-state index in [9.17, 15) is 9.59 Å². The van der Waals surface area contributed by atoms with E-state index < -0.39 is 11.8 Å². The van der Waals surface area contributed by atoms with Crippen molar-refractivity contribution < 1.29 is 9.59 Å². The van der Waals surface area contributed by atoms with Crippen molar-refractivity contribution in [3.8, 4) is 0 Å². The molecule has 0 aliphatic carbocycles. The zero-order valence-corrected chi connectivity index (χ0v) is 9.15. The van der Waals surface area contributed by atoms with Crippen LogP contribution in [0.3, 0.4) is 0 Å². The van der Waals surface area contributed by atoms with Crippen LogP contribution >= 0.6 is 0 Å². The third-order valence-electron chi connectivity index (χ3n) is 1.97. The van der Waals surface area contributed by atoms with Crippen LogP contribution in [-0.4, -0.2) is 25.9 Å². The Morgan fingerprint density at radius 3 is 2.38 bits per heavy atom. The maximum Gasteiger partial charge on any atom is 0.323 e. The van der Waals surface area contributed by atoms with Gasteiger partial charge in [-0.15, -0.1) is 0 Å². The van der Waals surface area contributed by atoms with Crippen molar-refractivity contribution >= 4 is 23.2 Å². The summed E-state index contributed by atoms with van der Waals surface area (Å²) in [4.78, 5) is 24.1. The number of rotatable bonds is 2. The molecule has 6 heteroatoms. The van der Waals surface area contributed by atoms with Crippen molar-refractivity contribution in [2.24, 2.45) is 5.84 Å². The van der Waals surface area contributed by atoms with Gasteiger partial charge in [0.1, 0.15) is 0 Å². The van der Waals surface area contributed by atoms with Crippen LogP contribution in [0, 0.1) is 0 Å². The first kappa shape index (κ1) is 12.0. The van der Waals surface area contributed by atoms with Crippen LogP contribution in [0.2, 0.25) is 0 Å². The van der Waals surface area contributed by atoms with Crippen LogP contribution in [0.25, 0.3) is 0 Å². The molecule has 1 aromatic rings. The minimum Gasteiger partial charge on any atom is -0.376 e. The van der Waals surface area contributed by atoms with Gasteiger partial charge in [-0.1, -0.05) is 12.1 Å². The SMILES string of the molecule is CN(C)c1ccccc1NC(=O)C(=O)NN. The number of hydrazine groups is 1.